The Kier molecular flexibility index (Phi) is 7.60. The fourth-order valence-electron chi connectivity index (χ4n) is 9.46. The molecule has 0 N–H and O–H groups in total. The molecule has 4 rings (SSSR count). The molecule has 0 aromatic carbocycles. The molecule has 35 heavy (non-hydrogen) atoms. The van der Waals surface area contributed by atoms with Gasteiger partial charge in [0.2, 0.25) is 0 Å². The summed E-state index contributed by atoms with van der Waals surface area (Å²) in [6.45, 7) is 10.3. The van der Waals surface area contributed by atoms with Crippen molar-refractivity contribution in [2.75, 3.05) is 7.11 Å². The van der Waals surface area contributed by atoms with Crippen molar-refractivity contribution in [3.05, 3.63) is 0 Å². The second-order valence-electron chi connectivity index (χ2n) is 12.7. The highest BCUT2D eigenvalue weighted by molar-refractivity contribution is 5.69. The number of carbonyl (C=O) groups is 3. The Morgan fingerprint density at radius 1 is 0.886 bits per heavy atom. The number of carbonyl (C=O) groups excluding carboxylic acids is 3. The van der Waals surface area contributed by atoms with E-state index in [-0.39, 0.29) is 40.9 Å². The number of rotatable bonds is 6. The minimum Gasteiger partial charge on any atom is -0.469 e. The zero-order valence-corrected chi connectivity index (χ0v) is 22.6. The number of hydrogen-bond donors (Lipinski definition) is 0. The van der Waals surface area contributed by atoms with Gasteiger partial charge in [-0.25, -0.2) is 0 Å². The summed E-state index contributed by atoms with van der Waals surface area (Å²) in [6, 6.07) is 0. The quantitative estimate of drug-likeness (QED) is 0.351. The Hall–Kier alpha value is -1.59. The summed E-state index contributed by atoms with van der Waals surface area (Å²) in [5.74, 6) is 2.43. The molecule has 0 unspecified atom stereocenters. The van der Waals surface area contributed by atoms with Gasteiger partial charge in [-0.05, 0) is 98.2 Å². The maximum absolute atomic E-state index is 12.2. The Bertz CT molecular complexity index is 824. The first-order valence-electron chi connectivity index (χ1n) is 13.9. The molecule has 0 bridgehead atoms. The molecule has 4 aliphatic rings. The lowest BCUT2D eigenvalue weighted by Gasteiger charge is -2.62. The smallest absolute Gasteiger partial charge is 0.305 e. The van der Waals surface area contributed by atoms with E-state index in [0.29, 0.717) is 41.9 Å². The van der Waals surface area contributed by atoms with Crippen LogP contribution in [0.15, 0.2) is 0 Å². The van der Waals surface area contributed by atoms with Gasteiger partial charge in [-0.15, -0.1) is 0 Å². The number of fused-ring (bicyclic) bond motifs is 5. The highest BCUT2D eigenvalue weighted by Crippen LogP contribution is 2.68. The second-order valence-corrected chi connectivity index (χ2v) is 12.7. The van der Waals surface area contributed by atoms with E-state index in [1.54, 1.807) is 6.92 Å². The topological polar surface area (TPSA) is 78.9 Å². The molecule has 198 valence electrons. The number of ether oxygens (including phenoxy) is 3. The van der Waals surface area contributed by atoms with Crippen molar-refractivity contribution in [3.8, 4) is 0 Å². The molecule has 4 aliphatic carbocycles. The van der Waals surface area contributed by atoms with Gasteiger partial charge in [-0.1, -0.05) is 20.8 Å². The Morgan fingerprint density at radius 2 is 1.54 bits per heavy atom. The number of hydrogen-bond acceptors (Lipinski definition) is 6. The summed E-state index contributed by atoms with van der Waals surface area (Å²) in [7, 11) is 1.47. The van der Waals surface area contributed by atoms with Crippen LogP contribution in [0.5, 0.6) is 0 Å². The van der Waals surface area contributed by atoms with Crippen LogP contribution in [0, 0.1) is 46.3 Å². The van der Waals surface area contributed by atoms with E-state index < -0.39 is 0 Å². The van der Waals surface area contributed by atoms with Gasteiger partial charge in [0.05, 0.1) is 7.11 Å². The van der Waals surface area contributed by atoms with Gasteiger partial charge in [0.15, 0.2) is 0 Å². The average Bonchev–Trinajstić information content (AvgIpc) is 3.14. The van der Waals surface area contributed by atoms with Gasteiger partial charge in [-0.3, -0.25) is 14.4 Å². The fraction of sp³-hybridized carbons (Fsp3) is 0.897. The lowest BCUT2D eigenvalue weighted by molar-refractivity contribution is -0.197. The summed E-state index contributed by atoms with van der Waals surface area (Å²) in [5, 5.41) is 0. The summed E-state index contributed by atoms with van der Waals surface area (Å²) < 4.78 is 16.6. The summed E-state index contributed by atoms with van der Waals surface area (Å²) in [4.78, 5) is 35.6. The van der Waals surface area contributed by atoms with E-state index in [2.05, 4.69) is 20.8 Å². The van der Waals surface area contributed by atoms with Crippen molar-refractivity contribution in [2.24, 2.45) is 46.3 Å². The van der Waals surface area contributed by atoms with Gasteiger partial charge in [0, 0.05) is 26.2 Å². The summed E-state index contributed by atoms with van der Waals surface area (Å²) >= 11 is 0. The third kappa shape index (κ3) is 4.87. The molecule has 0 aromatic rings. The van der Waals surface area contributed by atoms with Gasteiger partial charge in [0.25, 0.3) is 0 Å². The minimum atomic E-state index is -0.199. The van der Waals surface area contributed by atoms with Gasteiger partial charge < -0.3 is 14.2 Å². The highest BCUT2D eigenvalue weighted by Gasteiger charge is 2.63. The van der Waals surface area contributed by atoms with Gasteiger partial charge in [0.1, 0.15) is 12.2 Å². The Labute approximate surface area is 211 Å². The van der Waals surface area contributed by atoms with Gasteiger partial charge >= 0.3 is 17.9 Å². The first-order chi connectivity index (χ1) is 16.5. The van der Waals surface area contributed by atoms with Crippen LogP contribution in [0.25, 0.3) is 0 Å². The number of esters is 3. The van der Waals surface area contributed by atoms with Crippen molar-refractivity contribution >= 4 is 17.9 Å². The zero-order chi connectivity index (χ0) is 25.5. The molecule has 4 saturated carbocycles. The Balaban J connectivity index is 1.57. The normalized spacial score (nSPS) is 43.2. The van der Waals surface area contributed by atoms with Crippen LogP contribution in [0.1, 0.15) is 98.8 Å². The largest absolute Gasteiger partial charge is 0.469 e. The van der Waals surface area contributed by atoms with Crippen molar-refractivity contribution < 1.29 is 28.6 Å². The third-order valence-electron chi connectivity index (χ3n) is 11.1. The van der Waals surface area contributed by atoms with E-state index in [1.165, 1.54) is 39.7 Å². The van der Waals surface area contributed by atoms with Crippen LogP contribution in [-0.2, 0) is 28.6 Å². The molecule has 0 heterocycles. The summed E-state index contributed by atoms with van der Waals surface area (Å²) in [5.41, 5.74) is 0.418. The zero-order valence-electron chi connectivity index (χ0n) is 22.6. The maximum atomic E-state index is 12.2. The average molecular weight is 491 g/mol. The van der Waals surface area contributed by atoms with E-state index in [1.807, 2.05) is 0 Å². The number of methoxy groups -OCH3 is 1. The fourth-order valence-corrected chi connectivity index (χ4v) is 9.46. The van der Waals surface area contributed by atoms with Crippen molar-refractivity contribution in [1.29, 1.82) is 0 Å². The Morgan fingerprint density at radius 3 is 2.20 bits per heavy atom. The molecule has 0 amide bonds. The molecule has 4 fully saturated rings. The third-order valence-corrected chi connectivity index (χ3v) is 11.1. The standard InChI is InChI=1S/C29H46O6/c1-17(7-10-26(32)33-6)22-8-9-23-27-24(12-14-29(22,23)5)28(4)13-11-21(34-18(2)30)15-20(28)16-25(27)35-19(3)31/h17,20-25,27H,7-16H2,1-6H3/t17-,20+,21-,22-,23+,24+,25+,27+,28-,29+/m0/s1. The molecule has 0 aliphatic heterocycles. The first-order valence-corrected chi connectivity index (χ1v) is 13.9. The molecule has 0 saturated heterocycles. The van der Waals surface area contributed by atoms with E-state index in [9.17, 15) is 14.4 Å². The first kappa shape index (κ1) is 26.5. The molecule has 6 nitrogen and oxygen atoms in total. The van der Waals surface area contributed by atoms with Crippen molar-refractivity contribution in [1.82, 2.24) is 0 Å². The summed E-state index contributed by atoms with van der Waals surface area (Å²) in [6.07, 6.45) is 9.80. The van der Waals surface area contributed by atoms with E-state index in [4.69, 9.17) is 14.2 Å². The molecule has 6 heteroatoms. The van der Waals surface area contributed by atoms with Crippen molar-refractivity contribution in [3.63, 3.8) is 0 Å². The van der Waals surface area contributed by atoms with E-state index in [0.717, 1.165) is 32.1 Å². The molecule has 0 aromatic heterocycles. The van der Waals surface area contributed by atoms with Gasteiger partial charge in [-0.2, -0.15) is 0 Å². The van der Waals surface area contributed by atoms with Crippen molar-refractivity contribution in [2.45, 2.75) is 111 Å². The van der Waals surface area contributed by atoms with Crippen LogP contribution in [0.4, 0.5) is 0 Å². The molecular weight excluding hydrogens is 444 g/mol. The molecule has 0 spiro atoms. The second kappa shape index (κ2) is 10.0. The van der Waals surface area contributed by atoms with Crippen LogP contribution in [0.2, 0.25) is 0 Å². The van der Waals surface area contributed by atoms with Crippen LogP contribution in [-0.4, -0.2) is 37.2 Å². The lowest BCUT2D eigenvalue weighted by Crippen LogP contribution is -2.59. The predicted octanol–water partition coefficient (Wildman–Crippen LogP) is 5.71. The minimum absolute atomic E-state index is 0.0134. The van der Waals surface area contributed by atoms with E-state index >= 15 is 0 Å². The molecule has 10 atom stereocenters. The highest BCUT2D eigenvalue weighted by atomic mass is 16.5. The van der Waals surface area contributed by atoms with Crippen LogP contribution >= 0.6 is 0 Å². The SMILES string of the molecule is COC(=O)CC[C@H](C)[C@@H]1CC[C@@H]2[C@@H]3[C@@H](CC[C@@]21C)[C@@]1(C)CC[C@H](OC(C)=O)C[C@@H]1C[C@H]3OC(C)=O. The van der Waals surface area contributed by atoms with Crippen LogP contribution in [0.3, 0.4) is 0 Å². The lowest BCUT2D eigenvalue weighted by atomic mass is 9.43. The molecular formula is C29H46O6. The maximum Gasteiger partial charge on any atom is 0.305 e. The monoisotopic (exact) mass is 490 g/mol. The van der Waals surface area contributed by atoms with Crippen LogP contribution < -0.4 is 0 Å². The predicted molar refractivity (Wildman–Crippen MR) is 132 cm³/mol. The molecule has 0 radical (unpaired) electrons.